The van der Waals surface area contributed by atoms with Crippen molar-refractivity contribution >= 4 is 0 Å². The third-order valence-electron chi connectivity index (χ3n) is 4.71. The van der Waals surface area contributed by atoms with E-state index in [1.54, 1.807) is 0 Å². The average Bonchev–Trinajstić information content (AvgIpc) is 3.17. The van der Waals surface area contributed by atoms with E-state index in [1.165, 1.54) is 36.8 Å². The van der Waals surface area contributed by atoms with E-state index in [0.29, 0.717) is 12.1 Å². The van der Waals surface area contributed by atoms with Crippen LogP contribution in [0.1, 0.15) is 54.7 Å². The van der Waals surface area contributed by atoms with E-state index in [0.717, 1.165) is 18.8 Å². The van der Waals surface area contributed by atoms with Crippen molar-refractivity contribution in [2.24, 2.45) is 0 Å². The van der Waals surface area contributed by atoms with Gasteiger partial charge in [0.2, 0.25) is 0 Å². The Labute approximate surface area is 119 Å². The molecule has 0 bridgehead atoms. The molecule has 1 atom stereocenters. The second-order valence-electron chi connectivity index (χ2n) is 5.94. The molecule has 0 spiro atoms. The smallest absolute Gasteiger partial charge is 0.150 e. The fourth-order valence-electron chi connectivity index (χ4n) is 3.60. The van der Waals surface area contributed by atoms with E-state index in [-0.39, 0.29) is 0 Å². The SMILES string of the molecule is c1ccc2c(c1)CNC(c1nncn1C1CCCC1)C2. The van der Waals surface area contributed by atoms with Crippen LogP contribution < -0.4 is 5.32 Å². The number of rotatable bonds is 2. The maximum atomic E-state index is 4.41. The lowest BCUT2D eigenvalue weighted by atomic mass is 9.95. The van der Waals surface area contributed by atoms with Gasteiger partial charge in [0.05, 0.1) is 6.04 Å². The van der Waals surface area contributed by atoms with Gasteiger partial charge in [0.25, 0.3) is 0 Å². The molecule has 0 amide bonds. The third kappa shape index (κ3) is 2.04. The number of hydrogen-bond donors (Lipinski definition) is 1. The lowest BCUT2D eigenvalue weighted by Crippen LogP contribution is -2.31. The molecule has 104 valence electrons. The van der Waals surface area contributed by atoms with E-state index >= 15 is 0 Å². The summed E-state index contributed by atoms with van der Waals surface area (Å²) in [6, 6.07) is 9.59. The minimum absolute atomic E-state index is 0.299. The lowest BCUT2D eigenvalue weighted by molar-refractivity contribution is 0.419. The van der Waals surface area contributed by atoms with Crippen LogP contribution in [0.2, 0.25) is 0 Å². The fraction of sp³-hybridized carbons (Fsp3) is 0.500. The Kier molecular flexibility index (Phi) is 3.03. The molecule has 4 nitrogen and oxygen atoms in total. The molecular weight excluding hydrogens is 248 g/mol. The normalized spacial score (nSPS) is 22.9. The van der Waals surface area contributed by atoms with E-state index in [1.807, 2.05) is 6.33 Å². The first-order valence-corrected chi connectivity index (χ1v) is 7.61. The minimum Gasteiger partial charge on any atom is -0.313 e. The van der Waals surface area contributed by atoms with Gasteiger partial charge in [0.1, 0.15) is 6.33 Å². The van der Waals surface area contributed by atoms with Crippen molar-refractivity contribution in [3.63, 3.8) is 0 Å². The average molecular weight is 268 g/mol. The van der Waals surface area contributed by atoms with Crippen molar-refractivity contribution in [3.05, 3.63) is 47.5 Å². The van der Waals surface area contributed by atoms with Gasteiger partial charge in [-0.1, -0.05) is 37.1 Å². The predicted octanol–water partition coefficient (Wildman–Crippen LogP) is 2.78. The highest BCUT2D eigenvalue weighted by atomic mass is 15.3. The molecule has 2 aromatic rings. The quantitative estimate of drug-likeness (QED) is 0.910. The highest BCUT2D eigenvalue weighted by Gasteiger charge is 2.27. The maximum absolute atomic E-state index is 4.41. The van der Waals surface area contributed by atoms with Gasteiger partial charge in [-0.2, -0.15) is 0 Å². The molecule has 1 saturated carbocycles. The summed E-state index contributed by atoms with van der Waals surface area (Å²) < 4.78 is 2.32. The van der Waals surface area contributed by atoms with E-state index in [2.05, 4.69) is 44.3 Å². The monoisotopic (exact) mass is 268 g/mol. The molecule has 1 aliphatic carbocycles. The number of nitrogens with one attached hydrogen (secondary N) is 1. The summed E-state index contributed by atoms with van der Waals surface area (Å²) in [5.74, 6) is 1.12. The van der Waals surface area contributed by atoms with Crippen molar-refractivity contribution in [1.82, 2.24) is 20.1 Å². The maximum Gasteiger partial charge on any atom is 0.150 e. The Morgan fingerprint density at radius 3 is 2.75 bits per heavy atom. The van der Waals surface area contributed by atoms with Crippen LogP contribution in [0.4, 0.5) is 0 Å². The number of aromatic nitrogens is 3. The molecule has 0 saturated heterocycles. The first-order chi connectivity index (χ1) is 9.92. The highest BCUT2D eigenvalue weighted by molar-refractivity contribution is 5.30. The van der Waals surface area contributed by atoms with Crippen molar-refractivity contribution < 1.29 is 0 Å². The molecular formula is C16H20N4. The number of benzene rings is 1. The zero-order valence-electron chi connectivity index (χ0n) is 11.6. The summed E-state index contributed by atoms with van der Waals surface area (Å²) >= 11 is 0. The second-order valence-corrected chi connectivity index (χ2v) is 5.94. The summed E-state index contributed by atoms with van der Waals surface area (Å²) in [4.78, 5) is 0. The Bertz CT molecular complexity index is 598. The van der Waals surface area contributed by atoms with Gasteiger partial charge in [0, 0.05) is 12.6 Å². The number of hydrogen-bond acceptors (Lipinski definition) is 3. The third-order valence-corrected chi connectivity index (χ3v) is 4.71. The van der Waals surface area contributed by atoms with E-state index in [9.17, 15) is 0 Å². The Hall–Kier alpha value is -1.68. The van der Waals surface area contributed by atoms with E-state index < -0.39 is 0 Å². The largest absolute Gasteiger partial charge is 0.313 e. The van der Waals surface area contributed by atoms with Gasteiger partial charge in [-0.25, -0.2) is 0 Å². The van der Waals surface area contributed by atoms with Gasteiger partial charge >= 0.3 is 0 Å². The van der Waals surface area contributed by atoms with Crippen molar-refractivity contribution in [3.8, 4) is 0 Å². The number of fused-ring (bicyclic) bond motifs is 1. The molecule has 1 aromatic heterocycles. The van der Waals surface area contributed by atoms with Gasteiger partial charge in [-0.05, 0) is 30.4 Å². The molecule has 1 aromatic carbocycles. The topological polar surface area (TPSA) is 42.7 Å². The van der Waals surface area contributed by atoms with Crippen LogP contribution >= 0.6 is 0 Å². The van der Waals surface area contributed by atoms with Crippen LogP contribution in [0.5, 0.6) is 0 Å². The summed E-state index contributed by atoms with van der Waals surface area (Å²) in [7, 11) is 0. The minimum atomic E-state index is 0.299. The van der Waals surface area contributed by atoms with Crippen molar-refractivity contribution in [2.75, 3.05) is 0 Å². The van der Waals surface area contributed by atoms with Crippen LogP contribution in [0.15, 0.2) is 30.6 Å². The van der Waals surface area contributed by atoms with Crippen molar-refractivity contribution in [1.29, 1.82) is 0 Å². The molecule has 1 aliphatic heterocycles. The summed E-state index contributed by atoms with van der Waals surface area (Å²) in [5.41, 5.74) is 2.85. The molecule has 1 unspecified atom stereocenters. The van der Waals surface area contributed by atoms with Crippen LogP contribution in [0.3, 0.4) is 0 Å². The van der Waals surface area contributed by atoms with Gasteiger partial charge < -0.3 is 9.88 Å². The fourth-order valence-corrected chi connectivity index (χ4v) is 3.60. The molecule has 20 heavy (non-hydrogen) atoms. The van der Waals surface area contributed by atoms with Gasteiger partial charge in [0.15, 0.2) is 5.82 Å². The number of nitrogens with zero attached hydrogens (tertiary/aromatic N) is 3. The van der Waals surface area contributed by atoms with Gasteiger partial charge in [-0.3, -0.25) is 0 Å². The van der Waals surface area contributed by atoms with Crippen molar-refractivity contribution in [2.45, 2.75) is 50.7 Å². The summed E-state index contributed by atoms with van der Waals surface area (Å²) in [5, 5.41) is 12.2. The Morgan fingerprint density at radius 2 is 1.90 bits per heavy atom. The Morgan fingerprint density at radius 1 is 1.10 bits per heavy atom. The first-order valence-electron chi connectivity index (χ1n) is 7.61. The molecule has 2 heterocycles. The molecule has 1 N–H and O–H groups in total. The molecule has 2 aliphatic rings. The summed E-state index contributed by atoms with van der Waals surface area (Å²) in [6.45, 7) is 0.929. The Balaban J connectivity index is 1.62. The molecule has 4 rings (SSSR count). The van der Waals surface area contributed by atoms with Gasteiger partial charge in [-0.15, -0.1) is 10.2 Å². The molecule has 1 fully saturated rings. The zero-order chi connectivity index (χ0) is 13.4. The zero-order valence-corrected chi connectivity index (χ0v) is 11.6. The summed E-state index contributed by atoms with van der Waals surface area (Å²) in [6.07, 6.45) is 8.16. The second kappa shape index (κ2) is 5.02. The highest BCUT2D eigenvalue weighted by Crippen LogP contribution is 2.32. The molecule has 0 radical (unpaired) electrons. The molecule has 4 heteroatoms. The lowest BCUT2D eigenvalue weighted by Gasteiger charge is -2.27. The van der Waals surface area contributed by atoms with Crippen LogP contribution in [0.25, 0.3) is 0 Å². The van der Waals surface area contributed by atoms with Crippen LogP contribution in [-0.2, 0) is 13.0 Å². The standard InChI is InChI=1S/C16H20N4/c1-2-6-13-10-17-15(9-12(13)5-1)16-19-18-11-20(16)14-7-3-4-8-14/h1-2,5-6,11,14-15,17H,3-4,7-10H2. The van der Waals surface area contributed by atoms with Crippen LogP contribution in [0, 0.1) is 0 Å². The predicted molar refractivity (Wildman–Crippen MR) is 77.3 cm³/mol. The van der Waals surface area contributed by atoms with Crippen LogP contribution in [-0.4, -0.2) is 14.8 Å². The van der Waals surface area contributed by atoms with E-state index in [4.69, 9.17) is 0 Å². The first kappa shape index (κ1) is 12.1.